The topological polar surface area (TPSA) is 101 Å². The lowest BCUT2D eigenvalue weighted by molar-refractivity contribution is 0.0986. The van der Waals surface area contributed by atoms with Crippen molar-refractivity contribution < 1.29 is 36.4 Å². The van der Waals surface area contributed by atoms with E-state index in [0.29, 0.717) is 11.1 Å². The fourth-order valence-corrected chi connectivity index (χ4v) is 5.97. The Labute approximate surface area is 154 Å². The maximum absolute atomic E-state index is 12.9. The van der Waals surface area contributed by atoms with Gasteiger partial charge in [-0.2, -0.15) is 0 Å². The summed E-state index contributed by atoms with van der Waals surface area (Å²) in [5, 5.41) is 0. The molecule has 0 aliphatic rings. The van der Waals surface area contributed by atoms with Gasteiger partial charge < -0.3 is 22.5 Å². The summed E-state index contributed by atoms with van der Waals surface area (Å²) in [4.78, 5) is 11.9. The molecule has 1 aromatic rings. The van der Waals surface area contributed by atoms with E-state index in [9.17, 15) is 13.9 Å². The van der Waals surface area contributed by atoms with Gasteiger partial charge >= 0.3 is 15.2 Å². The molecule has 0 amide bonds. The lowest BCUT2D eigenvalue weighted by atomic mass is 10.1. The standard InChI is InChI=1S/C16H28O8P2/c1-6-21-25(18,22-7-2)11-14-10-20-16(13(5)17)15(14)12-26(19,23-8-3)24-9-4/h10H,6-9,11-12H2,1-5H3. The molecule has 150 valence electrons. The second kappa shape index (κ2) is 10.5. The van der Waals surface area contributed by atoms with E-state index in [1.165, 1.54) is 13.2 Å². The molecule has 1 aromatic heterocycles. The Morgan fingerprint density at radius 2 is 1.31 bits per heavy atom. The van der Waals surface area contributed by atoms with Gasteiger partial charge in [0.25, 0.3) is 0 Å². The van der Waals surface area contributed by atoms with E-state index in [1.807, 2.05) is 0 Å². The molecular weight excluding hydrogens is 382 g/mol. The van der Waals surface area contributed by atoms with E-state index in [1.54, 1.807) is 27.7 Å². The van der Waals surface area contributed by atoms with Crippen molar-refractivity contribution in [3.63, 3.8) is 0 Å². The Bertz CT molecular complexity index is 662. The van der Waals surface area contributed by atoms with Crippen molar-refractivity contribution in [1.29, 1.82) is 0 Å². The second-order valence-corrected chi connectivity index (χ2v) is 9.44. The molecule has 26 heavy (non-hydrogen) atoms. The van der Waals surface area contributed by atoms with Gasteiger partial charge in [-0.1, -0.05) is 0 Å². The van der Waals surface area contributed by atoms with Crippen LogP contribution in [-0.4, -0.2) is 32.2 Å². The van der Waals surface area contributed by atoms with E-state index < -0.39 is 15.2 Å². The molecule has 0 spiro atoms. The van der Waals surface area contributed by atoms with Gasteiger partial charge in [-0.3, -0.25) is 13.9 Å². The van der Waals surface area contributed by atoms with Gasteiger partial charge in [0.2, 0.25) is 0 Å². The highest BCUT2D eigenvalue weighted by Gasteiger charge is 2.33. The largest absolute Gasteiger partial charge is 0.461 e. The van der Waals surface area contributed by atoms with Crippen molar-refractivity contribution in [2.24, 2.45) is 0 Å². The van der Waals surface area contributed by atoms with Crippen molar-refractivity contribution in [2.45, 2.75) is 46.9 Å². The zero-order valence-corrected chi connectivity index (χ0v) is 17.8. The van der Waals surface area contributed by atoms with Gasteiger partial charge in [0.1, 0.15) is 0 Å². The molecule has 0 saturated carbocycles. The maximum atomic E-state index is 12.9. The lowest BCUT2D eigenvalue weighted by Crippen LogP contribution is -2.05. The molecule has 0 aliphatic carbocycles. The van der Waals surface area contributed by atoms with Crippen molar-refractivity contribution in [2.75, 3.05) is 26.4 Å². The van der Waals surface area contributed by atoms with Crippen LogP contribution in [0.25, 0.3) is 0 Å². The molecule has 0 saturated heterocycles. The van der Waals surface area contributed by atoms with Gasteiger partial charge in [-0.15, -0.1) is 0 Å². The number of carbonyl (C=O) groups excluding carboxylic acids is 1. The number of hydrogen-bond donors (Lipinski definition) is 0. The van der Waals surface area contributed by atoms with Crippen LogP contribution >= 0.6 is 15.2 Å². The number of Topliss-reactive ketones (excluding diaryl/α,β-unsaturated/α-hetero) is 1. The van der Waals surface area contributed by atoms with Crippen molar-refractivity contribution in [3.8, 4) is 0 Å². The minimum Gasteiger partial charge on any atom is -0.461 e. The zero-order valence-electron chi connectivity index (χ0n) is 16.0. The third kappa shape index (κ3) is 6.45. The number of ketones is 1. The summed E-state index contributed by atoms with van der Waals surface area (Å²) in [6, 6.07) is 0. The summed E-state index contributed by atoms with van der Waals surface area (Å²) < 4.78 is 52.3. The molecule has 0 unspecified atom stereocenters. The molecule has 0 N–H and O–H groups in total. The number of carbonyl (C=O) groups is 1. The van der Waals surface area contributed by atoms with Gasteiger partial charge in [-0.05, 0) is 27.7 Å². The molecule has 1 heterocycles. The zero-order chi connectivity index (χ0) is 19.8. The van der Waals surface area contributed by atoms with Gasteiger partial charge in [0, 0.05) is 18.1 Å². The van der Waals surface area contributed by atoms with Gasteiger partial charge in [0.15, 0.2) is 11.5 Å². The first-order valence-corrected chi connectivity index (χ1v) is 12.1. The molecule has 0 radical (unpaired) electrons. The minimum atomic E-state index is -3.48. The average Bonchev–Trinajstić information content (AvgIpc) is 2.90. The van der Waals surface area contributed by atoms with Crippen LogP contribution in [0.3, 0.4) is 0 Å². The van der Waals surface area contributed by atoms with Crippen LogP contribution in [-0.2, 0) is 39.5 Å². The summed E-state index contributed by atoms with van der Waals surface area (Å²) in [5.74, 6) is -0.298. The minimum absolute atomic E-state index is 0.0409. The van der Waals surface area contributed by atoms with Crippen LogP contribution in [0.5, 0.6) is 0 Å². The molecule has 0 atom stereocenters. The molecule has 0 fully saturated rings. The van der Waals surface area contributed by atoms with E-state index >= 15 is 0 Å². The fourth-order valence-electron chi connectivity index (χ4n) is 2.47. The van der Waals surface area contributed by atoms with E-state index in [-0.39, 0.29) is 50.3 Å². The highest BCUT2D eigenvalue weighted by atomic mass is 31.2. The van der Waals surface area contributed by atoms with Crippen molar-refractivity contribution in [3.05, 3.63) is 23.2 Å². The normalized spacial score (nSPS) is 12.5. The Balaban J connectivity index is 3.28. The molecular formula is C16H28O8P2. The maximum Gasteiger partial charge on any atom is 0.335 e. The monoisotopic (exact) mass is 410 g/mol. The van der Waals surface area contributed by atoms with Crippen LogP contribution in [0.2, 0.25) is 0 Å². The van der Waals surface area contributed by atoms with Crippen LogP contribution in [0.15, 0.2) is 10.7 Å². The first-order chi connectivity index (χ1) is 12.2. The van der Waals surface area contributed by atoms with Crippen molar-refractivity contribution >= 4 is 21.0 Å². The molecule has 8 nitrogen and oxygen atoms in total. The van der Waals surface area contributed by atoms with Gasteiger partial charge in [0.05, 0.1) is 45.0 Å². The highest BCUT2D eigenvalue weighted by molar-refractivity contribution is 7.53. The molecule has 10 heteroatoms. The molecule has 1 rings (SSSR count). The van der Waals surface area contributed by atoms with Crippen LogP contribution in [0.4, 0.5) is 0 Å². The first kappa shape index (κ1) is 23.3. The van der Waals surface area contributed by atoms with E-state index in [0.717, 1.165) is 0 Å². The quantitative estimate of drug-likeness (QED) is 0.330. The Hall–Kier alpha value is -0.750. The molecule has 0 bridgehead atoms. The predicted octanol–water partition coefficient (Wildman–Crippen LogP) is 5.01. The second-order valence-electron chi connectivity index (χ2n) is 5.33. The third-order valence-corrected chi connectivity index (χ3v) is 7.36. The molecule has 0 aliphatic heterocycles. The molecule has 0 aromatic carbocycles. The summed E-state index contributed by atoms with van der Waals surface area (Å²) >= 11 is 0. The summed E-state index contributed by atoms with van der Waals surface area (Å²) in [6.07, 6.45) is 1.06. The van der Waals surface area contributed by atoms with E-state index in [2.05, 4.69) is 0 Å². The Morgan fingerprint density at radius 3 is 1.69 bits per heavy atom. The van der Waals surface area contributed by atoms with Crippen LogP contribution in [0, 0.1) is 0 Å². The fraction of sp³-hybridized carbons (Fsp3) is 0.688. The lowest BCUT2D eigenvalue weighted by Gasteiger charge is -2.19. The number of furan rings is 1. The van der Waals surface area contributed by atoms with Crippen LogP contribution < -0.4 is 0 Å². The SMILES string of the molecule is CCOP(=O)(Cc1coc(C(C)=O)c1CP(=O)(OCC)OCC)OCC. The predicted molar refractivity (Wildman–Crippen MR) is 97.8 cm³/mol. The average molecular weight is 410 g/mol. The first-order valence-electron chi connectivity index (χ1n) is 8.60. The van der Waals surface area contributed by atoms with Gasteiger partial charge in [-0.25, -0.2) is 0 Å². The number of rotatable bonds is 13. The summed E-state index contributed by atoms with van der Waals surface area (Å²) in [5.41, 5.74) is 0.780. The number of hydrogen-bond acceptors (Lipinski definition) is 8. The van der Waals surface area contributed by atoms with Crippen LogP contribution in [0.1, 0.15) is 56.3 Å². The highest BCUT2D eigenvalue weighted by Crippen LogP contribution is 2.55. The Morgan fingerprint density at radius 1 is 0.885 bits per heavy atom. The third-order valence-electron chi connectivity index (χ3n) is 3.32. The summed E-state index contributed by atoms with van der Waals surface area (Å²) in [6.45, 7) is 8.96. The Kier molecular flexibility index (Phi) is 9.45. The van der Waals surface area contributed by atoms with Crippen molar-refractivity contribution in [1.82, 2.24) is 0 Å². The smallest absolute Gasteiger partial charge is 0.335 e. The summed E-state index contributed by atoms with van der Waals surface area (Å²) in [7, 11) is -6.91. The van der Waals surface area contributed by atoms with E-state index in [4.69, 9.17) is 22.5 Å².